The van der Waals surface area contributed by atoms with Gasteiger partial charge in [-0.3, -0.25) is 0 Å². The summed E-state index contributed by atoms with van der Waals surface area (Å²) in [6, 6.07) is 6.46. The molecule has 1 aliphatic rings. The van der Waals surface area contributed by atoms with Crippen molar-refractivity contribution in [3.05, 3.63) is 18.2 Å². The van der Waals surface area contributed by atoms with Gasteiger partial charge in [0.2, 0.25) is 0 Å². The van der Waals surface area contributed by atoms with Crippen molar-refractivity contribution in [2.45, 2.75) is 43.9 Å². The predicted octanol–water partition coefficient (Wildman–Crippen LogP) is 3.75. The van der Waals surface area contributed by atoms with Gasteiger partial charge in [-0.15, -0.1) is 0 Å². The van der Waals surface area contributed by atoms with E-state index in [0.717, 1.165) is 17.1 Å². The molecule has 1 aliphatic carbocycles. The number of ether oxygens (including phenoxy) is 1. The molecule has 1 fully saturated rings. The van der Waals surface area contributed by atoms with E-state index in [0.29, 0.717) is 17.9 Å². The molecule has 0 radical (unpaired) electrons. The molecule has 0 aromatic heterocycles. The molecule has 0 amide bonds. The molecule has 0 spiro atoms. The van der Waals surface area contributed by atoms with Crippen molar-refractivity contribution in [3.63, 3.8) is 0 Å². The van der Waals surface area contributed by atoms with E-state index >= 15 is 0 Å². The van der Waals surface area contributed by atoms with Gasteiger partial charge in [-0.05, 0) is 32.1 Å². The van der Waals surface area contributed by atoms with Gasteiger partial charge >= 0.3 is 0 Å². The highest BCUT2D eigenvalue weighted by Crippen LogP contribution is 2.31. The van der Waals surface area contributed by atoms with E-state index in [1.807, 2.05) is 36.9 Å². The summed E-state index contributed by atoms with van der Waals surface area (Å²) in [5.74, 6) is 0.849. The fourth-order valence-corrected chi connectivity index (χ4v) is 3.65. The van der Waals surface area contributed by atoms with E-state index in [9.17, 15) is 0 Å². The normalized spacial score (nSPS) is 23.1. The average Bonchev–Trinajstić information content (AvgIpc) is 2.39. The molecule has 3 nitrogen and oxygen atoms in total. The Kier molecular flexibility index (Phi) is 5.25. The highest BCUT2D eigenvalue weighted by molar-refractivity contribution is 7.99. The van der Waals surface area contributed by atoms with Crippen molar-refractivity contribution >= 4 is 23.1 Å². The Morgan fingerprint density at radius 1 is 1.32 bits per heavy atom. The van der Waals surface area contributed by atoms with Crippen molar-refractivity contribution in [1.29, 1.82) is 0 Å². The van der Waals surface area contributed by atoms with E-state index in [2.05, 4.69) is 11.6 Å². The van der Waals surface area contributed by atoms with Crippen LogP contribution in [0.4, 0.5) is 11.4 Å². The summed E-state index contributed by atoms with van der Waals surface area (Å²) < 4.78 is 5.54. The van der Waals surface area contributed by atoms with Crippen LogP contribution in [-0.4, -0.2) is 24.2 Å². The first-order valence-electron chi connectivity index (χ1n) is 7.05. The lowest BCUT2D eigenvalue weighted by Gasteiger charge is -2.31. The van der Waals surface area contributed by atoms with Gasteiger partial charge in [0.05, 0.1) is 6.61 Å². The van der Waals surface area contributed by atoms with E-state index < -0.39 is 0 Å². The van der Waals surface area contributed by atoms with Gasteiger partial charge in [0.25, 0.3) is 0 Å². The quantitative estimate of drug-likeness (QED) is 0.806. The predicted molar refractivity (Wildman–Crippen MR) is 85.2 cm³/mol. The molecule has 1 aromatic carbocycles. The minimum Gasteiger partial charge on any atom is -0.494 e. The Morgan fingerprint density at radius 3 is 2.84 bits per heavy atom. The molecule has 0 bridgehead atoms. The smallest absolute Gasteiger partial charge is 0.123 e. The Labute approximate surface area is 120 Å². The number of hydrogen-bond donors (Lipinski definition) is 2. The Hall–Kier alpha value is -1.03. The number of anilines is 2. The lowest BCUT2D eigenvalue weighted by atomic mass is 9.94. The lowest BCUT2D eigenvalue weighted by Crippen LogP contribution is -2.34. The largest absolute Gasteiger partial charge is 0.494 e. The van der Waals surface area contributed by atoms with Crippen molar-refractivity contribution < 1.29 is 4.74 Å². The Balaban J connectivity index is 2.08. The summed E-state index contributed by atoms with van der Waals surface area (Å²) in [7, 11) is 0. The molecule has 1 aromatic rings. The molecular weight excluding hydrogens is 256 g/mol. The second-order valence-corrected chi connectivity index (χ2v) is 6.11. The zero-order valence-corrected chi connectivity index (χ0v) is 12.6. The minimum absolute atomic E-state index is 0.542. The van der Waals surface area contributed by atoms with Crippen LogP contribution in [0, 0.1) is 0 Å². The van der Waals surface area contributed by atoms with Crippen LogP contribution < -0.4 is 15.8 Å². The Morgan fingerprint density at radius 2 is 2.11 bits per heavy atom. The van der Waals surface area contributed by atoms with Gasteiger partial charge in [-0.25, -0.2) is 0 Å². The van der Waals surface area contributed by atoms with Crippen LogP contribution >= 0.6 is 11.8 Å². The standard InChI is InChI=1S/C15H24N2OS/c1-3-18-13-9-11(16)8-12(10-13)17-14-6-4-5-7-15(14)19-2/h8-10,14-15,17H,3-7,16H2,1-2H3. The SMILES string of the molecule is CCOc1cc(N)cc(NC2CCCCC2SC)c1. The third-order valence-corrected chi connectivity index (χ3v) is 4.77. The third-order valence-electron chi connectivity index (χ3n) is 3.60. The summed E-state index contributed by atoms with van der Waals surface area (Å²) in [4.78, 5) is 0. The second kappa shape index (κ2) is 6.94. The first-order chi connectivity index (χ1) is 9.22. The van der Waals surface area contributed by atoms with Gasteiger partial charge in [0, 0.05) is 34.8 Å². The van der Waals surface area contributed by atoms with Crippen molar-refractivity contribution in [3.8, 4) is 5.75 Å². The summed E-state index contributed by atoms with van der Waals surface area (Å²) in [5.41, 5.74) is 7.77. The molecule has 2 rings (SSSR count). The summed E-state index contributed by atoms with van der Waals surface area (Å²) in [6.07, 6.45) is 7.42. The zero-order chi connectivity index (χ0) is 13.7. The molecule has 0 aliphatic heterocycles. The molecule has 1 saturated carbocycles. The molecule has 0 heterocycles. The molecule has 2 atom stereocenters. The molecular formula is C15H24N2OS. The average molecular weight is 280 g/mol. The van der Waals surface area contributed by atoms with Crippen LogP contribution in [0.2, 0.25) is 0 Å². The van der Waals surface area contributed by atoms with Crippen LogP contribution in [0.5, 0.6) is 5.75 Å². The maximum atomic E-state index is 5.94. The van der Waals surface area contributed by atoms with Crippen molar-refractivity contribution in [2.75, 3.05) is 23.9 Å². The van der Waals surface area contributed by atoms with E-state index in [-0.39, 0.29) is 0 Å². The number of rotatable bonds is 5. The lowest BCUT2D eigenvalue weighted by molar-refractivity contribution is 0.340. The van der Waals surface area contributed by atoms with Gasteiger partial charge in [-0.2, -0.15) is 11.8 Å². The van der Waals surface area contributed by atoms with E-state index in [1.165, 1.54) is 25.7 Å². The molecule has 19 heavy (non-hydrogen) atoms. The molecule has 2 unspecified atom stereocenters. The third kappa shape index (κ3) is 3.96. The molecule has 106 valence electrons. The fraction of sp³-hybridized carbons (Fsp3) is 0.600. The monoisotopic (exact) mass is 280 g/mol. The first-order valence-corrected chi connectivity index (χ1v) is 8.34. The summed E-state index contributed by atoms with van der Waals surface area (Å²) in [6.45, 7) is 2.65. The van der Waals surface area contributed by atoms with Gasteiger partial charge in [-0.1, -0.05) is 12.8 Å². The number of nitrogen functional groups attached to an aromatic ring is 1. The van der Waals surface area contributed by atoms with Gasteiger partial charge < -0.3 is 15.8 Å². The summed E-state index contributed by atoms with van der Waals surface area (Å²) >= 11 is 1.97. The summed E-state index contributed by atoms with van der Waals surface area (Å²) in [5, 5.41) is 4.34. The highest BCUT2D eigenvalue weighted by Gasteiger charge is 2.24. The van der Waals surface area contributed by atoms with E-state index in [1.54, 1.807) is 0 Å². The number of hydrogen-bond acceptors (Lipinski definition) is 4. The number of thioether (sulfide) groups is 1. The first kappa shape index (κ1) is 14.4. The Bertz CT molecular complexity index is 411. The number of benzene rings is 1. The van der Waals surface area contributed by atoms with Crippen LogP contribution in [0.1, 0.15) is 32.6 Å². The zero-order valence-electron chi connectivity index (χ0n) is 11.8. The van der Waals surface area contributed by atoms with Crippen LogP contribution in [-0.2, 0) is 0 Å². The van der Waals surface area contributed by atoms with E-state index in [4.69, 9.17) is 10.5 Å². The highest BCUT2D eigenvalue weighted by atomic mass is 32.2. The van der Waals surface area contributed by atoms with Crippen LogP contribution in [0.3, 0.4) is 0 Å². The second-order valence-electron chi connectivity index (χ2n) is 5.03. The van der Waals surface area contributed by atoms with Gasteiger partial charge in [0.15, 0.2) is 0 Å². The topological polar surface area (TPSA) is 47.3 Å². The minimum atomic E-state index is 0.542. The maximum Gasteiger partial charge on any atom is 0.123 e. The maximum absolute atomic E-state index is 5.94. The van der Waals surface area contributed by atoms with Crippen molar-refractivity contribution in [2.24, 2.45) is 0 Å². The van der Waals surface area contributed by atoms with Crippen LogP contribution in [0.25, 0.3) is 0 Å². The van der Waals surface area contributed by atoms with Crippen LogP contribution in [0.15, 0.2) is 18.2 Å². The molecule has 3 N–H and O–H groups in total. The number of nitrogens with two attached hydrogens (primary N) is 1. The van der Waals surface area contributed by atoms with Gasteiger partial charge in [0.1, 0.15) is 5.75 Å². The van der Waals surface area contributed by atoms with Crippen molar-refractivity contribution in [1.82, 2.24) is 0 Å². The fourth-order valence-electron chi connectivity index (χ4n) is 2.71. The molecule has 0 saturated heterocycles. The number of nitrogens with one attached hydrogen (secondary N) is 1. The molecule has 4 heteroatoms.